The Labute approximate surface area is 130 Å². The Morgan fingerprint density at radius 3 is 2.48 bits per heavy atom. The third-order valence-corrected chi connectivity index (χ3v) is 3.83. The molecule has 3 aromatic rings. The number of benzene rings is 2. The van der Waals surface area contributed by atoms with Gasteiger partial charge in [0, 0.05) is 22.2 Å². The zero-order valence-corrected chi connectivity index (χ0v) is 12.4. The smallest absolute Gasteiger partial charge is 0.209 e. The predicted octanol–water partition coefficient (Wildman–Crippen LogP) is 5.35. The van der Waals surface area contributed by atoms with E-state index >= 15 is 0 Å². The van der Waals surface area contributed by atoms with Crippen molar-refractivity contribution in [3.63, 3.8) is 0 Å². The first-order valence-corrected chi connectivity index (χ1v) is 7.47. The van der Waals surface area contributed by atoms with Crippen molar-refractivity contribution in [2.24, 2.45) is 4.99 Å². The molecule has 0 saturated carbocycles. The molecule has 0 radical (unpaired) electrons. The van der Waals surface area contributed by atoms with E-state index in [1.807, 2.05) is 29.6 Å². The van der Waals surface area contributed by atoms with Gasteiger partial charge in [0.1, 0.15) is 5.82 Å². The summed E-state index contributed by atoms with van der Waals surface area (Å²) in [4.78, 5) is 8.75. The maximum absolute atomic E-state index is 12.9. The van der Waals surface area contributed by atoms with Gasteiger partial charge in [-0.25, -0.2) is 14.4 Å². The molecule has 0 aliphatic heterocycles. The molecule has 0 aliphatic carbocycles. The second kappa shape index (κ2) is 6.16. The van der Waals surface area contributed by atoms with Gasteiger partial charge in [0.15, 0.2) is 0 Å². The number of hydrogen-bond acceptors (Lipinski definition) is 3. The monoisotopic (exact) mass is 316 g/mol. The summed E-state index contributed by atoms with van der Waals surface area (Å²) in [6.45, 7) is 0. The minimum absolute atomic E-state index is 0.255. The van der Waals surface area contributed by atoms with E-state index in [-0.39, 0.29) is 5.82 Å². The lowest BCUT2D eigenvalue weighted by molar-refractivity contribution is 0.628. The van der Waals surface area contributed by atoms with Crippen molar-refractivity contribution in [1.82, 2.24) is 4.98 Å². The first-order valence-electron chi connectivity index (χ1n) is 6.22. The van der Waals surface area contributed by atoms with Crippen LogP contribution in [-0.2, 0) is 0 Å². The molecule has 1 aromatic heterocycles. The van der Waals surface area contributed by atoms with Crippen LogP contribution >= 0.6 is 22.9 Å². The van der Waals surface area contributed by atoms with Gasteiger partial charge in [-0.15, -0.1) is 11.3 Å². The topological polar surface area (TPSA) is 25.2 Å². The highest BCUT2D eigenvalue weighted by Gasteiger charge is 2.03. The lowest BCUT2D eigenvalue weighted by Gasteiger charge is -1.95. The molecule has 0 aliphatic rings. The summed E-state index contributed by atoms with van der Waals surface area (Å²) in [5, 5.41) is 3.26. The molecule has 0 bridgehead atoms. The van der Waals surface area contributed by atoms with Crippen molar-refractivity contribution in [2.75, 3.05) is 0 Å². The first-order chi connectivity index (χ1) is 10.2. The van der Waals surface area contributed by atoms with E-state index < -0.39 is 0 Å². The molecule has 0 amide bonds. The van der Waals surface area contributed by atoms with Crippen molar-refractivity contribution in [3.05, 3.63) is 70.3 Å². The Hall–Kier alpha value is -2.04. The SMILES string of the molecule is Fc1ccc(-c2csc(N=Cc3ccc(Cl)cc3)n2)cc1. The van der Waals surface area contributed by atoms with Crippen molar-refractivity contribution in [3.8, 4) is 11.3 Å². The maximum atomic E-state index is 12.9. The summed E-state index contributed by atoms with van der Waals surface area (Å²) in [5.41, 5.74) is 2.63. The van der Waals surface area contributed by atoms with Gasteiger partial charge in [-0.1, -0.05) is 23.7 Å². The molecule has 2 nitrogen and oxygen atoms in total. The fraction of sp³-hybridized carbons (Fsp3) is 0. The molecule has 21 heavy (non-hydrogen) atoms. The van der Waals surface area contributed by atoms with Crippen molar-refractivity contribution in [1.29, 1.82) is 0 Å². The zero-order chi connectivity index (χ0) is 14.7. The van der Waals surface area contributed by atoms with E-state index in [4.69, 9.17) is 11.6 Å². The molecule has 5 heteroatoms. The Balaban J connectivity index is 1.78. The fourth-order valence-corrected chi connectivity index (χ4v) is 2.55. The van der Waals surface area contributed by atoms with Crippen molar-refractivity contribution in [2.45, 2.75) is 0 Å². The lowest BCUT2D eigenvalue weighted by atomic mass is 10.2. The van der Waals surface area contributed by atoms with Crippen molar-refractivity contribution >= 4 is 34.3 Å². The third-order valence-electron chi connectivity index (χ3n) is 2.83. The summed E-state index contributed by atoms with van der Waals surface area (Å²) < 4.78 is 12.9. The molecule has 0 atom stereocenters. The van der Waals surface area contributed by atoms with Crippen LogP contribution in [-0.4, -0.2) is 11.2 Å². The third kappa shape index (κ3) is 3.54. The standard InChI is InChI=1S/C16H10ClFN2S/c17-13-5-1-11(2-6-13)9-19-16-20-15(10-21-16)12-3-7-14(18)8-4-12/h1-10H. The average Bonchev–Trinajstić information content (AvgIpc) is 2.96. The van der Waals surface area contributed by atoms with Gasteiger partial charge in [-0.05, 0) is 42.0 Å². The van der Waals surface area contributed by atoms with E-state index in [2.05, 4.69) is 9.98 Å². The highest BCUT2D eigenvalue weighted by atomic mass is 35.5. The number of aromatic nitrogens is 1. The van der Waals surface area contributed by atoms with E-state index in [1.54, 1.807) is 18.3 Å². The van der Waals surface area contributed by atoms with E-state index in [0.29, 0.717) is 10.2 Å². The van der Waals surface area contributed by atoms with Gasteiger partial charge in [0.05, 0.1) is 5.69 Å². The number of nitrogens with zero attached hydrogens (tertiary/aromatic N) is 2. The Kier molecular flexibility index (Phi) is 4.08. The fourth-order valence-electron chi connectivity index (χ4n) is 1.76. The molecule has 104 valence electrons. The molecule has 0 N–H and O–H groups in total. The summed E-state index contributed by atoms with van der Waals surface area (Å²) in [7, 11) is 0. The molecule has 0 spiro atoms. The molecular formula is C16H10ClFN2S. The van der Waals surface area contributed by atoms with Gasteiger partial charge in [0.2, 0.25) is 5.13 Å². The quantitative estimate of drug-likeness (QED) is 0.598. The predicted molar refractivity (Wildman–Crippen MR) is 86.2 cm³/mol. The van der Waals surface area contributed by atoms with Crippen LogP contribution in [0.1, 0.15) is 5.56 Å². The van der Waals surface area contributed by atoms with Crippen LogP contribution < -0.4 is 0 Å². The Morgan fingerprint density at radius 2 is 1.76 bits per heavy atom. The van der Waals surface area contributed by atoms with E-state index in [0.717, 1.165) is 16.8 Å². The summed E-state index contributed by atoms with van der Waals surface area (Å²) >= 11 is 7.27. The number of hydrogen-bond donors (Lipinski definition) is 0. The summed E-state index contributed by atoms with van der Waals surface area (Å²) in [5.74, 6) is -0.255. The second-order valence-corrected chi connectivity index (χ2v) is 5.60. The van der Waals surface area contributed by atoms with Gasteiger partial charge < -0.3 is 0 Å². The van der Waals surface area contributed by atoms with Crippen molar-refractivity contribution < 1.29 is 4.39 Å². The average molecular weight is 317 g/mol. The highest BCUT2D eigenvalue weighted by molar-refractivity contribution is 7.13. The molecule has 2 aromatic carbocycles. The van der Waals surface area contributed by atoms with E-state index in [9.17, 15) is 4.39 Å². The van der Waals surface area contributed by atoms with Gasteiger partial charge in [0.25, 0.3) is 0 Å². The van der Waals surface area contributed by atoms with Gasteiger partial charge >= 0.3 is 0 Å². The van der Waals surface area contributed by atoms with Crippen LogP contribution in [0, 0.1) is 5.82 Å². The minimum Gasteiger partial charge on any atom is -0.227 e. The molecule has 0 unspecified atom stereocenters. The number of rotatable bonds is 3. The Morgan fingerprint density at radius 1 is 1.05 bits per heavy atom. The summed E-state index contributed by atoms with van der Waals surface area (Å²) in [6.07, 6.45) is 1.74. The lowest BCUT2D eigenvalue weighted by Crippen LogP contribution is -1.80. The summed E-state index contributed by atoms with van der Waals surface area (Å²) in [6, 6.07) is 13.7. The van der Waals surface area contributed by atoms with Gasteiger partial charge in [-0.2, -0.15) is 0 Å². The Bertz CT molecular complexity index is 764. The molecule has 1 heterocycles. The molecule has 0 saturated heterocycles. The van der Waals surface area contributed by atoms with E-state index in [1.165, 1.54) is 23.5 Å². The maximum Gasteiger partial charge on any atom is 0.209 e. The molecule has 3 rings (SSSR count). The van der Waals surface area contributed by atoms with Crippen LogP contribution in [0.4, 0.5) is 9.52 Å². The van der Waals surface area contributed by atoms with Crippen LogP contribution in [0.25, 0.3) is 11.3 Å². The molecule has 0 fully saturated rings. The number of aliphatic imine (C=N–C) groups is 1. The zero-order valence-electron chi connectivity index (χ0n) is 10.8. The van der Waals surface area contributed by atoms with Crippen LogP contribution in [0.2, 0.25) is 5.02 Å². The minimum atomic E-state index is -0.255. The van der Waals surface area contributed by atoms with Gasteiger partial charge in [-0.3, -0.25) is 0 Å². The number of thiazole rings is 1. The first kappa shape index (κ1) is 13.9. The second-order valence-electron chi connectivity index (χ2n) is 4.33. The number of halogens is 2. The highest BCUT2D eigenvalue weighted by Crippen LogP contribution is 2.26. The molecular weight excluding hydrogens is 307 g/mol. The normalized spacial score (nSPS) is 11.1. The van der Waals surface area contributed by atoms with Crippen LogP contribution in [0.3, 0.4) is 0 Å². The largest absolute Gasteiger partial charge is 0.227 e. The van der Waals surface area contributed by atoms with Crippen LogP contribution in [0.15, 0.2) is 58.9 Å². The van der Waals surface area contributed by atoms with Crippen LogP contribution in [0.5, 0.6) is 0 Å².